The first kappa shape index (κ1) is 13.0. The Kier molecular flexibility index (Phi) is 4.72. The number of aromatic nitrogens is 2. The fraction of sp³-hybridized carbons (Fsp3) is 0.667. The second-order valence-electron chi connectivity index (χ2n) is 4.48. The highest BCUT2D eigenvalue weighted by Gasteiger charge is 2.13. The minimum Gasteiger partial charge on any atom is -0.378 e. The SMILES string of the molecule is CC(CCN)Nc1cc(N2CCOCC2)ncn1. The van der Waals surface area contributed by atoms with Crippen LogP contribution < -0.4 is 16.0 Å². The zero-order valence-corrected chi connectivity index (χ0v) is 10.8. The molecule has 0 amide bonds. The fourth-order valence-corrected chi connectivity index (χ4v) is 1.97. The highest BCUT2D eigenvalue weighted by molar-refractivity contribution is 5.49. The minimum atomic E-state index is 0.322. The van der Waals surface area contributed by atoms with Gasteiger partial charge in [-0.15, -0.1) is 0 Å². The number of nitrogens with one attached hydrogen (secondary N) is 1. The van der Waals surface area contributed by atoms with Crippen molar-refractivity contribution in [3.63, 3.8) is 0 Å². The van der Waals surface area contributed by atoms with Gasteiger partial charge < -0.3 is 20.7 Å². The molecule has 1 aromatic heterocycles. The van der Waals surface area contributed by atoms with Crippen molar-refractivity contribution in [3.8, 4) is 0 Å². The lowest BCUT2D eigenvalue weighted by molar-refractivity contribution is 0.122. The van der Waals surface area contributed by atoms with E-state index in [0.29, 0.717) is 12.6 Å². The maximum Gasteiger partial charge on any atom is 0.134 e. The van der Waals surface area contributed by atoms with Gasteiger partial charge in [0, 0.05) is 25.2 Å². The van der Waals surface area contributed by atoms with E-state index in [2.05, 4.69) is 27.1 Å². The number of hydrogen-bond acceptors (Lipinski definition) is 6. The third-order valence-electron chi connectivity index (χ3n) is 2.98. The third-order valence-corrected chi connectivity index (χ3v) is 2.98. The van der Waals surface area contributed by atoms with Gasteiger partial charge in [0.15, 0.2) is 0 Å². The maximum absolute atomic E-state index is 5.54. The van der Waals surface area contributed by atoms with Gasteiger partial charge in [0.05, 0.1) is 13.2 Å². The van der Waals surface area contributed by atoms with Gasteiger partial charge in [0.1, 0.15) is 18.0 Å². The van der Waals surface area contributed by atoms with E-state index in [1.807, 2.05) is 6.07 Å². The van der Waals surface area contributed by atoms with E-state index >= 15 is 0 Å². The van der Waals surface area contributed by atoms with E-state index in [4.69, 9.17) is 10.5 Å². The summed E-state index contributed by atoms with van der Waals surface area (Å²) < 4.78 is 5.33. The molecule has 2 heterocycles. The molecule has 0 aromatic carbocycles. The lowest BCUT2D eigenvalue weighted by Crippen LogP contribution is -2.36. The Morgan fingerprint density at radius 1 is 1.44 bits per heavy atom. The molecular formula is C12H21N5O. The molecule has 100 valence electrons. The summed E-state index contributed by atoms with van der Waals surface area (Å²) in [7, 11) is 0. The molecule has 0 saturated carbocycles. The van der Waals surface area contributed by atoms with Crippen LogP contribution in [0.1, 0.15) is 13.3 Å². The van der Waals surface area contributed by atoms with Gasteiger partial charge in [-0.25, -0.2) is 9.97 Å². The van der Waals surface area contributed by atoms with E-state index in [1.165, 1.54) is 0 Å². The first-order chi connectivity index (χ1) is 8.79. The van der Waals surface area contributed by atoms with Crippen molar-refractivity contribution in [1.29, 1.82) is 0 Å². The zero-order chi connectivity index (χ0) is 12.8. The first-order valence-corrected chi connectivity index (χ1v) is 6.41. The molecular weight excluding hydrogens is 230 g/mol. The molecule has 1 aliphatic heterocycles. The molecule has 2 rings (SSSR count). The lowest BCUT2D eigenvalue weighted by Gasteiger charge is -2.28. The molecule has 1 unspecified atom stereocenters. The van der Waals surface area contributed by atoms with Crippen LogP contribution in [0.3, 0.4) is 0 Å². The van der Waals surface area contributed by atoms with E-state index in [9.17, 15) is 0 Å². The Labute approximate surface area is 108 Å². The monoisotopic (exact) mass is 251 g/mol. The van der Waals surface area contributed by atoms with Gasteiger partial charge >= 0.3 is 0 Å². The largest absolute Gasteiger partial charge is 0.378 e. The Balaban J connectivity index is 2.00. The third kappa shape index (κ3) is 3.54. The molecule has 1 aromatic rings. The summed E-state index contributed by atoms with van der Waals surface area (Å²) in [6.45, 7) is 6.06. The summed E-state index contributed by atoms with van der Waals surface area (Å²) in [5.41, 5.74) is 5.54. The van der Waals surface area contributed by atoms with Gasteiger partial charge in [-0.1, -0.05) is 0 Å². The Hall–Kier alpha value is -1.40. The van der Waals surface area contributed by atoms with Crippen molar-refractivity contribution in [2.24, 2.45) is 5.73 Å². The number of nitrogens with two attached hydrogens (primary N) is 1. The predicted molar refractivity (Wildman–Crippen MR) is 71.8 cm³/mol. The van der Waals surface area contributed by atoms with E-state index < -0.39 is 0 Å². The van der Waals surface area contributed by atoms with Crippen LogP contribution >= 0.6 is 0 Å². The van der Waals surface area contributed by atoms with Crippen LogP contribution in [0.4, 0.5) is 11.6 Å². The molecule has 3 N–H and O–H groups in total. The summed E-state index contributed by atoms with van der Waals surface area (Å²) in [6.07, 6.45) is 2.53. The number of ether oxygens (including phenoxy) is 1. The Bertz CT molecular complexity index is 367. The van der Waals surface area contributed by atoms with E-state index in [1.54, 1.807) is 6.33 Å². The van der Waals surface area contributed by atoms with Crippen molar-refractivity contribution >= 4 is 11.6 Å². The molecule has 0 spiro atoms. The highest BCUT2D eigenvalue weighted by atomic mass is 16.5. The number of nitrogens with zero attached hydrogens (tertiary/aromatic N) is 3. The van der Waals surface area contributed by atoms with Crippen LogP contribution in [-0.2, 0) is 4.74 Å². The summed E-state index contributed by atoms with van der Waals surface area (Å²) in [6, 6.07) is 2.31. The molecule has 1 saturated heterocycles. The van der Waals surface area contributed by atoms with Crippen molar-refractivity contribution in [2.75, 3.05) is 43.1 Å². The van der Waals surface area contributed by atoms with Crippen LogP contribution in [-0.4, -0.2) is 48.9 Å². The topological polar surface area (TPSA) is 76.3 Å². The normalized spacial score (nSPS) is 17.6. The first-order valence-electron chi connectivity index (χ1n) is 6.41. The average Bonchev–Trinajstić information content (AvgIpc) is 2.40. The molecule has 1 atom stereocenters. The quantitative estimate of drug-likeness (QED) is 0.792. The van der Waals surface area contributed by atoms with Gasteiger partial charge in [-0.2, -0.15) is 0 Å². The smallest absolute Gasteiger partial charge is 0.134 e. The molecule has 0 bridgehead atoms. The van der Waals surface area contributed by atoms with Crippen LogP contribution in [0, 0.1) is 0 Å². The molecule has 0 radical (unpaired) electrons. The fourth-order valence-electron chi connectivity index (χ4n) is 1.97. The van der Waals surface area contributed by atoms with Crippen LogP contribution in [0.2, 0.25) is 0 Å². The summed E-state index contributed by atoms with van der Waals surface area (Å²) in [5, 5.41) is 3.33. The maximum atomic E-state index is 5.54. The second-order valence-corrected chi connectivity index (χ2v) is 4.48. The number of hydrogen-bond donors (Lipinski definition) is 2. The number of rotatable bonds is 5. The van der Waals surface area contributed by atoms with Crippen molar-refractivity contribution in [1.82, 2.24) is 9.97 Å². The summed E-state index contributed by atoms with van der Waals surface area (Å²) in [5.74, 6) is 1.81. The lowest BCUT2D eigenvalue weighted by atomic mass is 10.2. The average molecular weight is 251 g/mol. The molecule has 6 heteroatoms. The van der Waals surface area contributed by atoms with Gasteiger partial charge in [0.2, 0.25) is 0 Å². The zero-order valence-electron chi connectivity index (χ0n) is 10.8. The molecule has 0 aliphatic carbocycles. The molecule has 1 fully saturated rings. The van der Waals surface area contributed by atoms with Crippen LogP contribution in [0.5, 0.6) is 0 Å². The second kappa shape index (κ2) is 6.51. The Morgan fingerprint density at radius 2 is 2.22 bits per heavy atom. The molecule has 1 aliphatic rings. The van der Waals surface area contributed by atoms with Crippen molar-refractivity contribution in [2.45, 2.75) is 19.4 Å². The van der Waals surface area contributed by atoms with Gasteiger partial charge in [-0.05, 0) is 19.9 Å². The predicted octanol–water partition coefficient (Wildman–Crippen LogP) is 0.462. The van der Waals surface area contributed by atoms with Crippen LogP contribution in [0.25, 0.3) is 0 Å². The van der Waals surface area contributed by atoms with E-state index in [0.717, 1.165) is 44.4 Å². The molecule has 6 nitrogen and oxygen atoms in total. The number of anilines is 2. The summed E-state index contributed by atoms with van der Waals surface area (Å²) in [4.78, 5) is 10.8. The van der Waals surface area contributed by atoms with Crippen LogP contribution in [0.15, 0.2) is 12.4 Å². The summed E-state index contributed by atoms with van der Waals surface area (Å²) >= 11 is 0. The highest BCUT2D eigenvalue weighted by Crippen LogP contribution is 2.16. The minimum absolute atomic E-state index is 0.322. The Morgan fingerprint density at radius 3 is 2.94 bits per heavy atom. The van der Waals surface area contributed by atoms with Gasteiger partial charge in [0.25, 0.3) is 0 Å². The van der Waals surface area contributed by atoms with E-state index in [-0.39, 0.29) is 0 Å². The molecule has 18 heavy (non-hydrogen) atoms. The number of morpholine rings is 1. The van der Waals surface area contributed by atoms with Crippen molar-refractivity contribution in [3.05, 3.63) is 12.4 Å². The van der Waals surface area contributed by atoms with Crippen molar-refractivity contribution < 1.29 is 4.74 Å². The van der Waals surface area contributed by atoms with Gasteiger partial charge in [-0.3, -0.25) is 0 Å². The standard InChI is InChI=1S/C12H21N5O/c1-10(2-3-13)16-11-8-12(15-9-14-11)17-4-6-18-7-5-17/h8-10H,2-7,13H2,1H3,(H,14,15,16).